The highest BCUT2D eigenvalue weighted by atomic mass is 31.2. The van der Waals surface area contributed by atoms with Gasteiger partial charge >= 0.3 is 19.8 Å². The van der Waals surface area contributed by atoms with Gasteiger partial charge in [0.05, 0.1) is 13.2 Å². The molecule has 3 unspecified atom stereocenters. The number of phosphoric ester groups is 1. The number of carbonyl (C=O) groups excluding carboxylic acids is 2. The fraction of sp³-hybridized carbons (Fsp3) is 0.685. The van der Waals surface area contributed by atoms with Crippen LogP contribution >= 0.6 is 7.82 Å². The van der Waals surface area contributed by atoms with E-state index in [1.165, 1.54) is 109 Å². The van der Waals surface area contributed by atoms with Crippen molar-refractivity contribution in [1.29, 1.82) is 0 Å². The first-order chi connectivity index (χ1) is 32.1. The van der Waals surface area contributed by atoms with Crippen LogP contribution in [0.2, 0.25) is 0 Å². The van der Waals surface area contributed by atoms with Crippen LogP contribution in [0.5, 0.6) is 0 Å². The van der Waals surface area contributed by atoms with Crippen molar-refractivity contribution in [3.8, 4) is 0 Å². The number of ether oxygens (including phenoxy) is 1. The van der Waals surface area contributed by atoms with Gasteiger partial charge in [-0.3, -0.25) is 18.6 Å². The van der Waals surface area contributed by atoms with Gasteiger partial charge in [-0.25, -0.2) is 9.36 Å². The number of unbranched alkanes of at least 4 members (excludes halogenated alkanes) is 19. The zero-order valence-electron chi connectivity index (χ0n) is 41.2. The van der Waals surface area contributed by atoms with Crippen molar-refractivity contribution < 1.29 is 47.8 Å². The van der Waals surface area contributed by atoms with Crippen molar-refractivity contribution in [2.75, 3.05) is 19.8 Å². The molecule has 0 aliphatic heterocycles. The first kappa shape index (κ1) is 62.7. The molecule has 11 nitrogen and oxygen atoms in total. The van der Waals surface area contributed by atoms with E-state index in [-0.39, 0.29) is 12.8 Å². The fourth-order valence-electron chi connectivity index (χ4n) is 6.75. The average molecular weight is 946 g/mol. The maximum atomic E-state index is 12.4. The molecule has 0 saturated carbocycles. The first-order valence-electron chi connectivity index (χ1n) is 25.6. The van der Waals surface area contributed by atoms with Crippen LogP contribution in [0.3, 0.4) is 0 Å². The van der Waals surface area contributed by atoms with Crippen LogP contribution in [0.4, 0.5) is 0 Å². The fourth-order valence-corrected chi connectivity index (χ4v) is 7.52. The van der Waals surface area contributed by atoms with Gasteiger partial charge in [-0.05, 0) is 77.0 Å². The number of hydrogen-bond acceptors (Lipinski definition) is 8. The number of amides is 1. The number of carboxylic acid groups (broad SMARTS) is 1. The van der Waals surface area contributed by atoms with Gasteiger partial charge in [0.25, 0.3) is 0 Å². The van der Waals surface area contributed by atoms with Gasteiger partial charge in [0, 0.05) is 12.8 Å². The molecule has 12 heteroatoms. The predicted molar refractivity (Wildman–Crippen MR) is 272 cm³/mol. The number of carbonyl (C=O) groups is 3. The summed E-state index contributed by atoms with van der Waals surface area (Å²) in [5.74, 6) is -2.47. The molecule has 0 radical (unpaired) electrons. The summed E-state index contributed by atoms with van der Waals surface area (Å²) < 4.78 is 26.9. The zero-order valence-corrected chi connectivity index (χ0v) is 42.1. The molecule has 0 aliphatic rings. The van der Waals surface area contributed by atoms with Crippen LogP contribution in [-0.2, 0) is 32.7 Å². The third-order valence-corrected chi connectivity index (χ3v) is 11.6. The molecule has 0 aromatic heterocycles. The molecule has 3 atom stereocenters. The minimum absolute atomic E-state index is 0.0954. The van der Waals surface area contributed by atoms with E-state index in [4.69, 9.17) is 13.8 Å². The van der Waals surface area contributed by atoms with Gasteiger partial charge in [0.15, 0.2) is 6.04 Å². The Balaban J connectivity index is 3.91. The summed E-state index contributed by atoms with van der Waals surface area (Å²) in [7, 11) is -4.78. The number of allylic oxidation sites excluding steroid dienone is 14. The molecule has 1 amide bonds. The van der Waals surface area contributed by atoms with Gasteiger partial charge in [-0.2, -0.15) is 0 Å². The highest BCUT2D eigenvalue weighted by Gasteiger charge is 2.28. The van der Waals surface area contributed by atoms with Crippen molar-refractivity contribution in [2.45, 2.75) is 219 Å². The van der Waals surface area contributed by atoms with Crippen molar-refractivity contribution in [3.63, 3.8) is 0 Å². The monoisotopic (exact) mass is 946 g/mol. The van der Waals surface area contributed by atoms with Gasteiger partial charge in [-0.1, -0.05) is 202 Å². The minimum atomic E-state index is -4.78. The van der Waals surface area contributed by atoms with Crippen LogP contribution in [0.15, 0.2) is 85.1 Å². The van der Waals surface area contributed by atoms with Crippen LogP contribution in [0, 0.1) is 0 Å². The van der Waals surface area contributed by atoms with E-state index in [9.17, 15) is 34.1 Å². The number of esters is 1. The molecule has 0 aliphatic carbocycles. The summed E-state index contributed by atoms with van der Waals surface area (Å²) in [6.07, 6.45) is 60.5. The van der Waals surface area contributed by atoms with E-state index in [2.05, 4.69) is 92.1 Å². The summed E-state index contributed by atoms with van der Waals surface area (Å²) in [6.45, 7) is 2.42. The molecule has 66 heavy (non-hydrogen) atoms. The highest BCUT2D eigenvalue weighted by Crippen LogP contribution is 2.43. The molecular formula is C54H92NO10P. The lowest BCUT2D eigenvalue weighted by atomic mass is 10.0. The third-order valence-electron chi connectivity index (χ3n) is 10.7. The maximum Gasteiger partial charge on any atom is 0.472 e. The van der Waals surface area contributed by atoms with Gasteiger partial charge in [0.1, 0.15) is 12.7 Å². The summed E-state index contributed by atoms with van der Waals surface area (Å²) >= 11 is 0. The van der Waals surface area contributed by atoms with Crippen molar-refractivity contribution in [1.82, 2.24) is 5.32 Å². The normalized spacial score (nSPS) is 14.2. The molecule has 0 fully saturated rings. The van der Waals surface area contributed by atoms with E-state index in [1.54, 1.807) is 0 Å². The maximum absolute atomic E-state index is 12.4. The molecule has 0 rings (SSSR count). The molecule has 378 valence electrons. The quantitative estimate of drug-likeness (QED) is 0.0199. The molecule has 0 saturated heterocycles. The minimum Gasteiger partial charge on any atom is -0.480 e. The number of hydrogen-bond donors (Lipinski definition) is 4. The third kappa shape index (κ3) is 47.2. The molecule has 0 spiro atoms. The molecule has 4 N–H and O–H groups in total. The number of aliphatic carboxylic acids is 1. The predicted octanol–water partition coefficient (Wildman–Crippen LogP) is 14.2. The lowest BCUT2D eigenvalue weighted by molar-refractivity contribution is -0.147. The zero-order chi connectivity index (χ0) is 48.4. The Morgan fingerprint density at radius 2 is 0.894 bits per heavy atom. The number of rotatable bonds is 47. The summed E-state index contributed by atoms with van der Waals surface area (Å²) in [6, 6.07) is -1.56. The van der Waals surface area contributed by atoms with E-state index < -0.39 is 57.6 Å². The van der Waals surface area contributed by atoms with E-state index in [0.717, 1.165) is 57.8 Å². The number of aliphatic hydroxyl groups is 1. The molecule has 0 aromatic carbocycles. The second-order valence-corrected chi connectivity index (χ2v) is 18.4. The second kappa shape index (κ2) is 48.1. The first-order valence-corrected chi connectivity index (χ1v) is 27.1. The Labute approximate surface area is 401 Å². The molecular weight excluding hydrogens is 854 g/mol. The van der Waals surface area contributed by atoms with E-state index >= 15 is 0 Å². The summed E-state index contributed by atoms with van der Waals surface area (Å²) in [5, 5.41) is 21.9. The Morgan fingerprint density at radius 1 is 0.500 bits per heavy atom. The lowest BCUT2D eigenvalue weighted by Gasteiger charge is -2.18. The Bertz CT molecular complexity index is 1440. The van der Waals surface area contributed by atoms with Gasteiger partial charge < -0.3 is 25.2 Å². The van der Waals surface area contributed by atoms with E-state index in [1.807, 2.05) is 12.2 Å². The number of carboxylic acids is 1. The largest absolute Gasteiger partial charge is 0.480 e. The molecule has 0 bridgehead atoms. The average Bonchev–Trinajstić information content (AvgIpc) is 3.29. The smallest absolute Gasteiger partial charge is 0.472 e. The topological polar surface area (TPSA) is 169 Å². The summed E-state index contributed by atoms with van der Waals surface area (Å²) in [5.41, 5.74) is 0. The van der Waals surface area contributed by atoms with Crippen molar-refractivity contribution in [2.24, 2.45) is 0 Å². The summed E-state index contributed by atoms with van der Waals surface area (Å²) in [4.78, 5) is 46.1. The van der Waals surface area contributed by atoms with Crippen LogP contribution in [-0.4, -0.2) is 64.9 Å². The number of nitrogens with one attached hydrogen (secondary N) is 1. The Kier molecular flexibility index (Phi) is 45.7. The van der Waals surface area contributed by atoms with E-state index in [0.29, 0.717) is 12.8 Å². The SMILES string of the molecule is CC/C=C\C/C=C\C/C=C\C/C=C\C/C=C\C/C=C\CCC(=O)OCC(O)COP(=O)(O)OCC(NC(=O)CCCCCCCCCCCCCCC/C=C/CCCCCCCC)C(=O)O. The van der Waals surface area contributed by atoms with Crippen molar-refractivity contribution >= 4 is 25.7 Å². The second-order valence-electron chi connectivity index (χ2n) is 17.0. The molecule has 0 heterocycles. The highest BCUT2D eigenvalue weighted by molar-refractivity contribution is 7.47. The molecule has 0 aromatic rings. The van der Waals surface area contributed by atoms with Crippen LogP contribution in [0.25, 0.3) is 0 Å². The Morgan fingerprint density at radius 3 is 1.35 bits per heavy atom. The standard InChI is InChI=1S/C54H92NO10P/c1-3-5-7-9-11-13-15-17-19-21-23-24-25-26-28-29-31-33-35-37-39-41-43-45-52(57)55-51(54(59)60)49-65-66(61,62)64-48-50(56)47-63-53(58)46-44-42-40-38-36-34-32-30-27-22-20-18-16-14-12-10-8-6-4-2/h6,8,12,14,17-20,27,30,34,36,40,42,50-51,56H,3-5,7,9-11,13,15-16,21-26,28-29,31-33,35,37-39,41,43-49H2,1-2H3,(H,55,57)(H,59,60)(H,61,62)/b8-6-,14-12-,19-17+,20-18-,30-27-,36-34-,42-40-. The van der Waals surface area contributed by atoms with Crippen LogP contribution in [0.1, 0.15) is 206 Å². The number of phosphoric acid groups is 1. The number of aliphatic hydroxyl groups excluding tert-OH is 1. The van der Waals surface area contributed by atoms with Crippen molar-refractivity contribution in [3.05, 3.63) is 85.1 Å². The Hall–Kier alpha value is -3.34. The van der Waals surface area contributed by atoms with Crippen LogP contribution < -0.4 is 5.32 Å². The van der Waals surface area contributed by atoms with Gasteiger partial charge in [0.2, 0.25) is 5.91 Å². The van der Waals surface area contributed by atoms with Gasteiger partial charge in [-0.15, -0.1) is 0 Å². The lowest BCUT2D eigenvalue weighted by Crippen LogP contribution is -2.43.